The van der Waals surface area contributed by atoms with Gasteiger partial charge >= 0.3 is 0 Å². The third-order valence-corrected chi connectivity index (χ3v) is 4.68. The number of guanidine groups is 1. The molecule has 1 heterocycles. The smallest absolute Gasteiger partial charge is 0.191 e. The van der Waals surface area contributed by atoms with Crippen molar-refractivity contribution in [2.24, 2.45) is 4.99 Å². The Balaban J connectivity index is 0.00000338. The Morgan fingerprint density at radius 1 is 1.27 bits per heavy atom. The van der Waals surface area contributed by atoms with Crippen LogP contribution < -0.4 is 10.6 Å². The number of unbranched alkanes of at least 4 members (excludes halogenated alkanes) is 1. The summed E-state index contributed by atoms with van der Waals surface area (Å²) in [5.41, 5.74) is 1.38. The van der Waals surface area contributed by atoms with Crippen molar-refractivity contribution in [3.63, 3.8) is 0 Å². The summed E-state index contributed by atoms with van der Waals surface area (Å²) < 4.78 is 5.59. The van der Waals surface area contributed by atoms with Gasteiger partial charge in [-0.2, -0.15) is 0 Å². The van der Waals surface area contributed by atoms with Crippen LogP contribution in [0.1, 0.15) is 38.7 Å². The van der Waals surface area contributed by atoms with Gasteiger partial charge in [-0.1, -0.05) is 43.7 Å². The maximum Gasteiger partial charge on any atom is 0.191 e. The molecule has 148 valence electrons. The average Bonchev–Trinajstić information content (AvgIpc) is 2.97. The van der Waals surface area contributed by atoms with Crippen molar-refractivity contribution in [1.29, 1.82) is 0 Å². The Hall–Kier alpha value is -0.860. The Labute approximate surface area is 176 Å². The molecule has 1 aliphatic heterocycles. The summed E-state index contributed by atoms with van der Waals surface area (Å²) in [4.78, 5) is 6.88. The molecule has 5 nitrogen and oxygen atoms in total. The fourth-order valence-corrected chi connectivity index (χ4v) is 3.22. The molecule has 0 saturated carbocycles. The highest BCUT2D eigenvalue weighted by atomic mass is 127. The van der Waals surface area contributed by atoms with Gasteiger partial charge in [0.15, 0.2) is 5.96 Å². The molecular formula is C20H35IN4O. The monoisotopic (exact) mass is 474 g/mol. The molecule has 1 aliphatic rings. The van der Waals surface area contributed by atoms with Crippen LogP contribution in [0.4, 0.5) is 0 Å². The molecule has 0 radical (unpaired) electrons. The van der Waals surface area contributed by atoms with Gasteiger partial charge in [0.05, 0.1) is 6.61 Å². The average molecular weight is 474 g/mol. The van der Waals surface area contributed by atoms with Crippen LogP contribution in [0, 0.1) is 0 Å². The molecule has 2 unspecified atom stereocenters. The predicted octanol–water partition coefficient (Wildman–Crippen LogP) is 3.25. The number of hydrogen-bond donors (Lipinski definition) is 2. The van der Waals surface area contributed by atoms with E-state index in [1.165, 1.54) is 12.0 Å². The van der Waals surface area contributed by atoms with Gasteiger partial charge in [0.2, 0.25) is 0 Å². The molecule has 0 aliphatic carbocycles. The first-order valence-electron chi connectivity index (χ1n) is 9.55. The molecule has 6 heteroatoms. The summed E-state index contributed by atoms with van der Waals surface area (Å²) in [6.07, 6.45) is 3.45. The Kier molecular flexibility index (Phi) is 11.9. The molecule has 0 spiro atoms. The maximum atomic E-state index is 5.59. The van der Waals surface area contributed by atoms with E-state index in [0.717, 1.165) is 51.6 Å². The van der Waals surface area contributed by atoms with E-state index in [-0.39, 0.29) is 24.0 Å². The second-order valence-corrected chi connectivity index (χ2v) is 6.81. The number of rotatable bonds is 9. The zero-order valence-corrected chi connectivity index (χ0v) is 18.7. The number of ether oxygens (including phenoxy) is 1. The molecule has 1 fully saturated rings. The Morgan fingerprint density at radius 2 is 2.04 bits per heavy atom. The second-order valence-electron chi connectivity index (χ2n) is 6.81. The van der Waals surface area contributed by atoms with Crippen LogP contribution in [0.25, 0.3) is 0 Å². The quantitative estimate of drug-likeness (QED) is 0.250. The first kappa shape index (κ1) is 23.2. The van der Waals surface area contributed by atoms with Crippen molar-refractivity contribution in [2.45, 2.75) is 51.7 Å². The fraction of sp³-hybridized carbons (Fsp3) is 0.650. The summed E-state index contributed by atoms with van der Waals surface area (Å²) >= 11 is 0. The molecule has 0 bridgehead atoms. The number of likely N-dealkylation sites (tertiary alicyclic amines) is 1. The second kappa shape index (κ2) is 13.3. The summed E-state index contributed by atoms with van der Waals surface area (Å²) in [6, 6.07) is 11.7. The molecule has 2 N–H and O–H groups in total. The van der Waals surface area contributed by atoms with E-state index in [9.17, 15) is 0 Å². The third-order valence-electron chi connectivity index (χ3n) is 4.68. The Bertz CT molecular complexity index is 512. The van der Waals surface area contributed by atoms with Gasteiger partial charge in [0, 0.05) is 45.4 Å². The normalized spacial score (nSPS) is 20.7. The molecule has 26 heavy (non-hydrogen) atoms. The zero-order chi connectivity index (χ0) is 17.9. The van der Waals surface area contributed by atoms with Crippen LogP contribution in [0.3, 0.4) is 0 Å². The van der Waals surface area contributed by atoms with Crippen molar-refractivity contribution < 1.29 is 4.74 Å². The highest BCUT2D eigenvalue weighted by Gasteiger charge is 2.29. The number of halogens is 1. The molecule has 1 aromatic rings. The lowest BCUT2D eigenvalue weighted by Gasteiger charge is -2.21. The minimum absolute atomic E-state index is 0. The van der Waals surface area contributed by atoms with Crippen molar-refractivity contribution in [3.05, 3.63) is 35.9 Å². The van der Waals surface area contributed by atoms with Crippen LogP contribution in [0.5, 0.6) is 0 Å². The third kappa shape index (κ3) is 8.22. The molecular weight excluding hydrogens is 439 g/mol. The van der Waals surface area contributed by atoms with Crippen molar-refractivity contribution >= 4 is 29.9 Å². The van der Waals surface area contributed by atoms with Gasteiger partial charge in [-0.25, -0.2) is 0 Å². The van der Waals surface area contributed by atoms with Gasteiger partial charge < -0.3 is 15.4 Å². The zero-order valence-electron chi connectivity index (χ0n) is 16.4. The van der Waals surface area contributed by atoms with Crippen molar-refractivity contribution in [1.82, 2.24) is 15.5 Å². The van der Waals surface area contributed by atoms with E-state index in [1.807, 2.05) is 7.05 Å². The SMILES string of the molecule is CCCCOCCNC(=NC)NC1CC(C)N(Cc2ccccc2)C1.I. The number of nitrogens with one attached hydrogen (secondary N) is 2. The fourth-order valence-electron chi connectivity index (χ4n) is 3.22. The van der Waals surface area contributed by atoms with Crippen LogP contribution in [-0.2, 0) is 11.3 Å². The number of nitrogens with zero attached hydrogens (tertiary/aromatic N) is 2. The minimum Gasteiger partial charge on any atom is -0.380 e. The van der Waals surface area contributed by atoms with Gasteiger partial charge in [0.25, 0.3) is 0 Å². The van der Waals surface area contributed by atoms with E-state index in [1.54, 1.807) is 0 Å². The summed E-state index contributed by atoms with van der Waals surface area (Å²) in [7, 11) is 1.83. The first-order chi connectivity index (χ1) is 12.2. The molecule has 1 aromatic carbocycles. The van der Waals surface area contributed by atoms with E-state index in [0.29, 0.717) is 12.1 Å². The number of hydrogen-bond acceptors (Lipinski definition) is 3. The van der Waals surface area contributed by atoms with E-state index < -0.39 is 0 Å². The topological polar surface area (TPSA) is 48.9 Å². The maximum absolute atomic E-state index is 5.59. The van der Waals surface area contributed by atoms with Crippen LogP contribution in [-0.4, -0.2) is 56.3 Å². The van der Waals surface area contributed by atoms with E-state index in [4.69, 9.17) is 4.74 Å². The van der Waals surface area contributed by atoms with E-state index in [2.05, 4.69) is 64.7 Å². The highest BCUT2D eigenvalue weighted by molar-refractivity contribution is 14.0. The summed E-state index contributed by atoms with van der Waals surface area (Å²) in [6.45, 7) is 8.90. The standard InChI is InChI=1S/C20H34N4O.HI/c1-4-5-12-25-13-11-22-20(21-3)23-19-14-17(2)24(16-19)15-18-9-7-6-8-10-18;/h6-10,17,19H,4-5,11-16H2,1-3H3,(H2,21,22,23);1H. The van der Waals surface area contributed by atoms with Crippen molar-refractivity contribution in [2.75, 3.05) is 33.4 Å². The van der Waals surface area contributed by atoms with Crippen LogP contribution >= 0.6 is 24.0 Å². The molecule has 0 aromatic heterocycles. The molecule has 1 saturated heterocycles. The first-order valence-corrected chi connectivity index (χ1v) is 9.55. The predicted molar refractivity (Wildman–Crippen MR) is 120 cm³/mol. The van der Waals surface area contributed by atoms with Gasteiger partial charge in [-0.15, -0.1) is 24.0 Å². The molecule has 2 rings (SSSR count). The van der Waals surface area contributed by atoms with Gasteiger partial charge in [0.1, 0.15) is 0 Å². The number of benzene rings is 1. The summed E-state index contributed by atoms with van der Waals surface area (Å²) in [5.74, 6) is 0.873. The van der Waals surface area contributed by atoms with E-state index >= 15 is 0 Å². The lowest BCUT2D eigenvalue weighted by atomic mass is 10.2. The minimum atomic E-state index is 0. The Morgan fingerprint density at radius 3 is 2.73 bits per heavy atom. The van der Waals surface area contributed by atoms with Gasteiger partial charge in [-0.05, 0) is 25.3 Å². The van der Waals surface area contributed by atoms with Crippen LogP contribution in [0.15, 0.2) is 35.3 Å². The van der Waals surface area contributed by atoms with Crippen molar-refractivity contribution in [3.8, 4) is 0 Å². The highest BCUT2D eigenvalue weighted by Crippen LogP contribution is 2.20. The molecule has 0 amide bonds. The summed E-state index contributed by atoms with van der Waals surface area (Å²) in [5, 5.41) is 6.90. The number of aliphatic imine (C=N–C) groups is 1. The molecule has 2 atom stereocenters. The van der Waals surface area contributed by atoms with Gasteiger partial charge in [-0.3, -0.25) is 9.89 Å². The van der Waals surface area contributed by atoms with Crippen LogP contribution in [0.2, 0.25) is 0 Å². The largest absolute Gasteiger partial charge is 0.380 e. The lowest BCUT2D eigenvalue weighted by molar-refractivity contribution is 0.136. The lowest BCUT2D eigenvalue weighted by Crippen LogP contribution is -2.45.